The molecule has 0 unspecified atom stereocenters. The molecule has 1 aromatic heterocycles. The maximum atomic E-state index is 13.1. The van der Waals surface area contributed by atoms with Crippen molar-refractivity contribution in [3.05, 3.63) is 53.9 Å². The van der Waals surface area contributed by atoms with E-state index < -0.39 is 5.91 Å². The highest BCUT2D eigenvalue weighted by Gasteiger charge is 2.07. The number of amides is 1. The van der Waals surface area contributed by atoms with E-state index in [1.165, 1.54) is 53.8 Å². The fourth-order valence-electron chi connectivity index (χ4n) is 1.99. The number of halogens is 1. The number of carbonyl (C=O) groups is 1. The molecule has 0 bridgehead atoms. The monoisotopic (exact) mass is 330 g/mol. The lowest BCUT2D eigenvalue weighted by Gasteiger charge is -1.98. The quantitative estimate of drug-likeness (QED) is 0.642. The summed E-state index contributed by atoms with van der Waals surface area (Å²) in [6, 6.07) is 8.21. The molecule has 0 atom stereocenters. The molecule has 3 N–H and O–H groups in total. The normalized spacial score (nSPS) is 11.2. The van der Waals surface area contributed by atoms with E-state index in [1.807, 2.05) is 0 Å². The second-order valence-corrected chi connectivity index (χ2v) is 5.77. The molecule has 0 saturated carbocycles. The number of anilines is 1. The van der Waals surface area contributed by atoms with E-state index in [-0.39, 0.29) is 17.3 Å². The molecule has 116 valence electrons. The van der Waals surface area contributed by atoms with E-state index in [0.29, 0.717) is 20.9 Å². The van der Waals surface area contributed by atoms with Crippen LogP contribution in [0.5, 0.6) is 11.5 Å². The third kappa shape index (κ3) is 3.64. The smallest absolute Gasteiger partial charge is 0.250 e. The highest BCUT2D eigenvalue weighted by molar-refractivity contribution is 7.22. The molecule has 0 spiro atoms. The molecule has 0 fully saturated rings. The number of aromatic hydroxyl groups is 2. The fourth-order valence-corrected chi connectivity index (χ4v) is 2.88. The third-order valence-electron chi connectivity index (χ3n) is 2.93. The number of phenolic OH excluding ortho intramolecular Hbond substituents is 2. The summed E-state index contributed by atoms with van der Waals surface area (Å²) in [4.78, 5) is 16.1. The molecule has 0 saturated heterocycles. The van der Waals surface area contributed by atoms with Crippen molar-refractivity contribution >= 4 is 38.7 Å². The summed E-state index contributed by atoms with van der Waals surface area (Å²) in [5.74, 6) is -0.980. The average Bonchev–Trinajstić information content (AvgIpc) is 2.85. The number of phenols is 2. The summed E-state index contributed by atoms with van der Waals surface area (Å²) >= 11 is 1.17. The number of hydrogen-bond acceptors (Lipinski definition) is 5. The Kier molecular flexibility index (Phi) is 3.94. The predicted octanol–water partition coefficient (Wildman–Crippen LogP) is 3.50. The molecule has 2 aromatic carbocycles. The van der Waals surface area contributed by atoms with Gasteiger partial charge in [0.25, 0.3) is 0 Å². The minimum absolute atomic E-state index is 0.0988. The van der Waals surface area contributed by atoms with Crippen molar-refractivity contribution in [1.29, 1.82) is 0 Å². The zero-order chi connectivity index (χ0) is 16.4. The van der Waals surface area contributed by atoms with Crippen LogP contribution >= 0.6 is 11.3 Å². The number of benzene rings is 2. The standard InChI is InChI=1S/C16H11FN2O3S/c17-10-2-3-13-14(7-10)23-16(18-13)19-15(22)4-1-9-5-11(20)8-12(21)6-9/h1-8,20-21H,(H,18,19,22)/b4-1+. The number of hydrogen-bond donors (Lipinski definition) is 3. The van der Waals surface area contributed by atoms with Crippen LogP contribution in [0.3, 0.4) is 0 Å². The average molecular weight is 330 g/mol. The lowest BCUT2D eigenvalue weighted by molar-refractivity contribution is -0.111. The summed E-state index contributed by atoms with van der Waals surface area (Å²) in [5, 5.41) is 21.7. The molecule has 3 rings (SSSR count). The highest BCUT2D eigenvalue weighted by atomic mass is 32.1. The summed E-state index contributed by atoms with van der Waals surface area (Å²) in [6.07, 6.45) is 2.70. The first-order chi connectivity index (χ1) is 11.0. The van der Waals surface area contributed by atoms with Gasteiger partial charge in [0, 0.05) is 12.1 Å². The lowest BCUT2D eigenvalue weighted by atomic mass is 10.2. The first kappa shape index (κ1) is 15.0. The van der Waals surface area contributed by atoms with Crippen LogP contribution in [-0.4, -0.2) is 21.1 Å². The number of aromatic nitrogens is 1. The number of rotatable bonds is 3. The van der Waals surface area contributed by atoms with Crippen molar-refractivity contribution in [2.45, 2.75) is 0 Å². The van der Waals surface area contributed by atoms with Gasteiger partial charge in [0.05, 0.1) is 10.2 Å². The van der Waals surface area contributed by atoms with Crippen molar-refractivity contribution in [3.63, 3.8) is 0 Å². The predicted molar refractivity (Wildman–Crippen MR) is 87.0 cm³/mol. The maximum absolute atomic E-state index is 13.1. The van der Waals surface area contributed by atoms with E-state index in [9.17, 15) is 19.4 Å². The van der Waals surface area contributed by atoms with Gasteiger partial charge in [-0.3, -0.25) is 10.1 Å². The van der Waals surface area contributed by atoms with Crippen molar-refractivity contribution in [1.82, 2.24) is 4.98 Å². The second-order valence-electron chi connectivity index (χ2n) is 4.74. The Hall–Kier alpha value is -2.93. The zero-order valence-electron chi connectivity index (χ0n) is 11.7. The van der Waals surface area contributed by atoms with Crippen LogP contribution in [0.25, 0.3) is 16.3 Å². The van der Waals surface area contributed by atoms with Gasteiger partial charge in [-0.05, 0) is 42.0 Å². The SMILES string of the molecule is O=C(/C=C/c1cc(O)cc(O)c1)Nc1nc2ccc(F)cc2s1. The van der Waals surface area contributed by atoms with Gasteiger partial charge in [0.15, 0.2) is 5.13 Å². The molecule has 7 heteroatoms. The molecule has 1 heterocycles. The van der Waals surface area contributed by atoms with Crippen molar-refractivity contribution in [2.75, 3.05) is 5.32 Å². The van der Waals surface area contributed by atoms with Crippen LogP contribution in [0.15, 0.2) is 42.5 Å². The number of carbonyl (C=O) groups excluding carboxylic acids is 1. The van der Waals surface area contributed by atoms with Gasteiger partial charge in [0.2, 0.25) is 5.91 Å². The second kappa shape index (κ2) is 6.05. The van der Waals surface area contributed by atoms with E-state index in [4.69, 9.17) is 0 Å². The molecule has 1 amide bonds. The Morgan fingerprint density at radius 3 is 2.65 bits per heavy atom. The molecular formula is C16H11FN2O3S. The van der Waals surface area contributed by atoms with Gasteiger partial charge >= 0.3 is 0 Å². The molecule has 0 aliphatic rings. The minimum Gasteiger partial charge on any atom is -0.508 e. The Morgan fingerprint density at radius 1 is 1.17 bits per heavy atom. The summed E-state index contributed by atoms with van der Waals surface area (Å²) in [5.41, 5.74) is 1.08. The van der Waals surface area contributed by atoms with Gasteiger partial charge in [-0.25, -0.2) is 9.37 Å². The number of thiazole rings is 1. The van der Waals surface area contributed by atoms with Gasteiger partial charge in [-0.2, -0.15) is 0 Å². The number of nitrogens with zero attached hydrogens (tertiary/aromatic N) is 1. The van der Waals surface area contributed by atoms with Crippen LogP contribution < -0.4 is 5.32 Å². The maximum Gasteiger partial charge on any atom is 0.250 e. The largest absolute Gasteiger partial charge is 0.508 e. The van der Waals surface area contributed by atoms with Crippen LogP contribution in [-0.2, 0) is 4.79 Å². The lowest BCUT2D eigenvalue weighted by Crippen LogP contribution is -2.07. The van der Waals surface area contributed by atoms with Gasteiger partial charge in [-0.1, -0.05) is 11.3 Å². The Bertz CT molecular complexity index is 901. The molecular weight excluding hydrogens is 319 g/mol. The molecule has 23 heavy (non-hydrogen) atoms. The van der Waals surface area contributed by atoms with Gasteiger partial charge in [-0.15, -0.1) is 0 Å². The molecule has 0 aliphatic carbocycles. The summed E-state index contributed by atoms with van der Waals surface area (Å²) < 4.78 is 13.8. The molecule has 0 radical (unpaired) electrons. The number of nitrogens with one attached hydrogen (secondary N) is 1. The van der Waals surface area contributed by atoms with Crippen molar-refractivity contribution in [2.24, 2.45) is 0 Å². The van der Waals surface area contributed by atoms with Gasteiger partial charge < -0.3 is 10.2 Å². The topological polar surface area (TPSA) is 82.5 Å². The molecule has 3 aromatic rings. The van der Waals surface area contributed by atoms with E-state index >= 15 is 0 Å². The first-order valence-electron chi connectivity index (χ1n) is 6.58. The van der Waals surface area contributed by atoms with Gasteiger partial charge in [0.1, 0.15) is 17.3 Å². The van der Waals surface area contributed by atoms with Crippen LogP contribution in [0.1, 0.15) is 5.56 Å². The highest BCUT2D eigenvalue weighted by Crippen LogP contribution is 2.26. The van der Waals surface area contributed by atoms with E-state index in [2.05, 4.69) is 10.3 Å². The Labute approximate surface area is 134 Å². The fraction of sp³-hybridized carbons (Fsp3) is 0. The minimum atomic E-state index is -0.424. The van der Waals surface area contributed by atoms with Crippen molar-refractivity contribution in [3.8, 4) is 11.5 Å². The van der Waals surface area contributed by atoms with Crippen molar-refractivity contribution < 1.29 is 19.4 Å². The van der Waals surface area contributed by atoms with E-state index in [1.54, 1.807) is 6.07 Å². The summed E-state index contributed by atoms with van der Waals surface area (Å²) in [6.45, 7) is 0. The Morgan fingerprint density at radius 2 is 1.91 bits per heavy atom. The zero-order valence-corrected chi connectivity index (χ0v) is 12.5. The van der Waals surface area contributed by atoms with Crippen LogP contribution in [0, 0.1) is 5.82 Å². The number of fused-ring (bicyclic) bond motifs is 1. The van der Waals surface area contributed by atoms with Crippen LogP contribution in [0.2, 0.25) is 0 Å². The first-order valence-corrected chi connectivity index (χ1v) is 7.39. The Balaban J connectivity index is 1.73. The van der Waals surface area contributed by atoms with E-state index in [0.717, 1.165) is 0 Å². The summed E-state index contributed by atoms with van der Waals surface area (Å²) in [7, 11) is 0. The third-order valence-corrected chi connectivity index (χ3v) is 3.87. The molecule has 0 aliphatic heterocycles. The van der Waals surface area contributed by atoms with Crippen LogP contribution in [0.4, 0.5) is 9.52 Å². The molecule has 5 nitrogen and oxygen atoms in total.